The molecular formula is C44H73NO11. The Morgan fingerprint density at radius 1 is 0.929 bits per heavy atom. The summed E-state index contributed by atoms with van der Waals surface area (Å²) in [4.78, 5) is 44.0. The minimum absolute atomic E-state index is 0.0489. The fourth-order valence-corrected chi connectivity index (χ4v) is 9.68. The summed E-state index contributed by atoms with van der Waals surface area (Å²) in [7, 11) is 4.82. The number of aliphatic hydroxyl groups is 3. The number of ether oxygens (including phenoxy) is 5. The van der Waals surface area contributed by atoms with Crippen LogP contribution in [0.2, 0.25) is 0 Å². The predicted octanol–water partition coefficient (Wildman–Crippen LogP) is 5.68. The molecule has 1 aliphatic carbocycles. The van der Waals surface area contributed by atoms with Gasteiger partial charge in [-0.15, -0.1) is 0 Å². The van der Waals surface area contributed by atoms with Crippen LogP contribution in [-0.4, -0.2) is 120 Å². The van der Waals surface area contributed by atoms with E-state index < -0.39 is 66.1 Å². The predicted molar refractivity (Wildman–Crippen MR) is 212 cm³/mol. The number of amides is 1. The maximum absolute atomic E-state index is 14.3. The SMILES string of the molecule is CCC[C@@H]1/C=C(\C)C[C@H](C)C[C@H](OC)[C@H]2O[C@@](O)(CC(=O)N3CCCC[C@H]3C(=O)O[C@H](/C(C)=C/[C@@H]3CC[C@@H](O)[C@H](OC)C3)[C@H](C)[C@@H](O)CC1=O)[C@H](C)C[C@@H]2OC. The van der Waals surface area contributed by atoms with Gasteiger partial charge in [-0.2, -0.15) is 0 Å². The molecule has 4 aliphatic rings. The maximum Gasteiger partial charge on any atom is 0.329 e. The van der Waals surface area contributed by atoms with Crippen LogP contribution >= 0.6 is 0 Å². The molecule has 3 heterocycles. The number of hydrogen-bond donors (Lipinski definition) is 3. The summed E-state index contributed by atoms with van der Waals surface area (Å²) in [5.41, 5.74) is 1.80. The smallest absolute Gasteiger partial charge is 0.329 e. The number of aliphatic hydroxyl groups excluding tert-OH is 2. The Bertz CT molecular complexity index is 1370. The van der Waals surface area contributed by atoms with Crippen molar-refractivity contribution in [2.75, 3.05) is 27.9 Å². The van der Waals surface area contributed by atoms with Crippen molar-refractivity contribution in [1.29, 1.82) is 0 Å². The summed E-state index contributed by atoms with van der Waals surface area (Å²) < 4.78 is 30.3. The van der Waals surface area contributed by atoms with Gasteiger partial charge in [0.1, 0.15) is 24.0 Å². The molecule has 4 rings (SSSR count). The first-order valence-electron chi connectivity index (χ1n) is 21.3. The molecule has 2 saturated heterocycles. The lowest BCUT2D eigenvalue weighted by Gasteiger charge is -2.48. The van der Waals surface area contributed by atoms with Crippen molar-refractivity contribution in [3.63, 3.8) is 0 Å². The van der Waals surface area contributed by atoms with Crippen molar-refractivity contribution in [3.05, 3.63) is 23.3 Å². The largest absolute Gasteiger partial charge is 0.456 e. The minimum Gasteiger partial charge on any atom is -0.456 e. The van der Waals surface area contributed by atoms with E-state index in [0.717, 1.165) is 24.0 Å². The lowest BCUT2D eigenvalue weighted by Crippen LogP contribution is -2.59. The van der Waals surface area contributed by atoms with Gasteiger partial charge in [-0.1, -0.05) is 51.8 Å². The van der Waals surface area contributed by atoms with Crippen LogP contribution in [0.5, 0.6) is 0 Å². The Hall–Kier alpha value is -2.19. The summed E-state index contributed by atoms with van der Waals surface area (Å²) in [6.45, 7) is 12.0. The van der Waals surface area contributed by atoms with Crippen molar-refractivity contribution in [2.45, 2.75) is 180 Å². The van der Waals surface area contributed by atoms with Gasteiger partial charge in [0, 0.05) is 52.0 Å². The normalized spacial score (nSPS) is 41.5. The van der Waals surface area contributed by atoms with Gasteiger partial charge < -0.3 is 43.9 Å². The molecule has 0 aromatic heterocycles. The molecule has 0 radical (unpaired) electrons. The number of rotatable bonds is 7. The maximum atomic E-state index is 14.3. The van der Waals surface area contributed by atoms with E-state index in [2.05, 4.69) is 6.92 Å². The Kier molecular flexibility index (Phi) is 17.6. The first-order valence-corrected chi connectivity index (χ1v) is 21.3. The molecule has 12 nitrogen and oxygen atoms in total. The Balaban J connectivity index is 1.74. The highest BCUT2D eigenvalue weighted by Gasteiger charge is 2.51. The fourth-order valence-electron chi connectivity index (χ4n) is 9.68. The van der Waals surface area contributed by atoms with Crippen molar-refractivity contribution >= 4 is 17.7 Å². The van der Waals surface area contributed by atoms with Gasteiger partial charge in [0.25, 0.3) is 0 Å². The fraction of sp³-hybridized carbons (Fsp3) is 0.841. The van der Waals surface area contributed by atoms with E-state index in [4.69, 9.17) is 23.7 Å². The Morgan fingerprint density at radius 2 is 1.61 bits per heavy atom. The van der Waals surface area contributed by atoms with Crippen LogP contribution in [0.3, 0.4) is 0 Å². The van der Waals surface area contributed by atoms with Crippen LogP contribution in [0.25, 0.3) is 0 Å². The van der Waals surface area contributed by atoms with Gasteiger partial charge in [-0.05, 0) is 95.5 Å². The lowest BCUT2D eigenvalue weighted by molar-refractivity contribution is -0.321. The molecule has 0 aromatic carbocycles. The van der Waals surface area contributed by atoms with Gasteiger partial charge in [0.2, 0.25) is 5.91 Å². The number of methoxy groups -OCH3 is 3. The van der Waals surface area contributed by atoms with E-state index in [1.165, 1.54) is 4.90 Å². The summed E-state index contributed by atoms with van der Waals surface area (Å²) in [5.74, 6) is -4.17. The zero-order chi connectivity index (χ0) is 41.3. The van der Waals surface area contributed by atoms with E-state index >= 15 is 0 Å². The molecule has 0 spiro atoms. The number of hydrogen-bond acceptors (Lipinski definition) is 11. The quantitative estimate of drug-likeness (QED) is 0.215. The molecule has 3 N–H and O–H groups in total. The molecule has 12 heteroatoms. The van der Waals surface area contributed by atoms with Crippen molar-refractivity contribution in [1.82, 2.24) is 4.90 Å². The summed E-state index contributed by atoms with van der Waals surface area (Å²) >= 11 is 0. The van der Waals surface area contributed by atoms with Crippen molar-refractivity contribution in [3.8, 4) is 0 Å². The molecule has 56 heavy (non-hydrogen) atoms. The van der Waals surface area contributed by atoms with E-state index in [9.17, 15) is 29.7 Å². The molecule has 2 bridgehead atoms. The molecular weight excluding hydrogens is 718 g/mol. The molecule has 0 aromatic rings. The molecule has 3 fully saturated rings. The highest BCUT2D eigenvalue weighted by atomic mass is 16.7. The number of cyclic esters (lactones) is 1. The van der Waals surface area contributed by atoms with Crippen LogP contribution in [0.1, 0.15) is 125 Å². The molecule has 3 aliphatic heterocycles. The molecule has 14 atom stereocenters. The summed E-state index contributed by atoms with van der Waals surface area (Å²) in [5, 5.41) is 34.3. The zero-order valence-corrected chi connectivity index (χ0v) is 35.6. The highest BCUT2D eigenvalue weighted by Crippen LogP contribution is 2.40. The molecule has 0 unspecified atom stereocenters. The number of ketones is 1. The van der Waals surface area contributed by atoms with Gasteiger partial charge >= 0.3 is 5.97 Å². The number of carbonyl (C=O) groups is 3. The van der Waals surface area contributed by atoms with Crippen LogP contribution in [0, 0.1) is 29.6 Å². The van der Waals surface area contributed by atoms with Crippen LogP contribution < -0.4 is 0 Å². The second-order valence-electron chi connectivity index (χ2n) is 17.6. The average Bonchev–Trinajstić information content (AvgIpc) is 3.16. The number of carbonyl (C=O) groups excluding carboxylic acids is 3. The molecule has 1 saturated carbocycles. The number of esters is 1. The summed E-state index contributed by atoms with van der Waals surface area (Å²) in [6.07, 6.45) is 6.21. The Morgan fingerprint density at radius 3 is 2.27 bits per heavy atom. The third-order valence-electron chi connectivity index (χ3n) is 13.1. The van der Waals surface area contributed by atoms with Gasteiger partial charge in [0.05, 0.1) is 36.9 Å². The van der Waals surface area contributed by atoms with Crippen LogP contribution in [-0.2, 0) is 38.1 Å². The standard InChI is InChI=1S/C44H73NO11/c1-10-13-32-19-26(2)18-27(3)20-38(53-8)42-39(54-9)22-29(5)44(51,56-42)25-40(49)45-17-12-11-14-33(45)43(50)55-41(30(6)35(47)24-36(32)48)28(4)21-31-15-16-34(46)37(23-31)52-7/h19,21,27,29-35,37-39,41-42,46-47,51H,10-18,20,22-25H2,1-9H3/b26-19+,28-21+/t27-,29+,30+,31-,32+,33-,34+,35-,37+,38-,39-,41+,42+,44-/m0/s1. The zero-order valence-electron chi connectivity index (χ0n) is 35.6. The first kappa shape index (κ1) is 46.5. The third kappa shape index (κ3) is 11.7. The number of nitrogens with zero attached hydrogens (tertiary/aromatic N) is 1. The lowest BCUT2D eigenvalue weighted by atomic mass is 9.81. The van der Waals surface area contributed by atoms with E-state index in [0.29, 0.717) is 64.3 Å². The average molecular weight is 792 g/mol. The number of allylic oxidation sites excluding steroid dienone is 3. The third-order valence-corrected chi connectivity index (χ3v) is 13.1. The van der Waals surface area contributed by atoms with Gasteiger partial charge in [-0.3, -0.25) is 9.59 Å². The minimum atomic E-state index is -1.82. The number of Topliss-reactive ketones (excluding diaryl/α,β-unsaturated/α-hetero) is 1. The monoisotopic (exact) mass is 792 g/mol. The number of piperidine rings is 1. The van der Waals surface area contributed by atoms with Gasteiger partial charge in [0.15, 0.2) is 5.79 Å². The van der Waals surface area contributed by atoms with Crippen LogP contribution in [0.15, 0.2) is 23.3 Å². The van der Waals surface area contributed by atoms with Gasteiger partial charge in [-0.25, -0.2) is 4.79 Å². The second kappa shape index (κ2) is 21.2. The molecule has 320 valence electrons. The molecule has 1 amide bonds. The van der Waals surface area contributed by atoms with E-state index in [-0.39, 0.29) is 48.6 Å². The van der Waals surface area contributed by atoms with E-state index in [1.807, 2.05) is 39.8 Å². The van der Waals surface area contributed by atoms with E-state index in [1.54, 1.807) is 28.3 Å². The van der Waals surface area contributed by atoms with Crippen molar-refractivity contribution in [2.24, 2.45) is 29.6 Å². The first-order chi connectivity index (χ1) is 26.5. The second-order valence-corrected chi connectivity index (χ2v) is 17.6. The van der Waals surface area contributed by atoms with Crippen LogP contribution in [0.4, 0.5) is 0 Å². The number of fused-ring (bicyclic) bond motifs is 3. The summed E-state index contributed by atoms with van der Waals surface area (Å²) in [6, 6.07) is -0.894. The van der Waals surface area contributed by atoms with Crippen molar-refractivity contribution < 1.29 is 53.4 Å². The highest BCUT2D eigenvalue weighted by molar-refractivity contribution is 5.85. The Labute approximate surface area is 335 Å². The topological polar surface area (TPSA) is 161 Å².